The lowest BCUT2D eigenvalue weighted by Crippen LogP contribution is -2.50. The molecule has 518 valence electrons. The van der Waals surface area contributed by atoms with Gasteiger partial charge in [-0.05, 0) is 81.7 Å². The maximum absolute atomic E-state index is 14.0. The summed E-state index contributed by atoms with van der Waals surface area (Å²) in [5, 5.41) is 46.5. The maximum atomic E-state index is 14.0. The van der Waals surface area contributed by atoms with Crippen molar-refractivity contribution in [3.63, 3.8) is 0 Å². The summed E-state index contributed by atoms with van der Waals surface area (Å²) in [5.41, 5.74) is 3.01. The van der Waals surface area contributed by atoms with Crippen LogP contribution in [0.3, 0.4) is 0 Å². The van der Waals surface area contributed by atoms with Gasteiger partial charge in [-0.15, -0.1) is 11.8 Å². The molecule has 2 aromatic carbocycles. The minimum absolute atomic E-state index is 0.0475. The Hall–Kier alpha value is -7.95. The molecule has 1 aromatic heterocycles. The summed E-state index contributed by atoms with van der Waals surface area (Å²) in [6.45, 7) is 5.04. The number of halogens is 2. The number of aromatic nitrogens is 1. The smallest absolute Gasteiger partial charge is 0.317 e. The van der Waals surface area contributed by atoms with Gasteiger partial charge in [-0.3, -0.25) is 82.3 Å². The van der Waals surface area contributed by atoms with E-state index >= 15 is 0 Å². The molecular formula is C65H89F2N13O14S. The summed E-state index contributed by atoms with van der Waals surface area (Å²) in [7, 11) is 0. The van der Waals surface area contributed by atoms with Crippen LogP contribution in [-0.2, 0) is 49.6 Å². The topological polar surface area (TPSA) is 339 Å². The van der Waals surface area contributed by atoms with Crippen LogP contribution in [0.15, 0.2) is 54.7 Å². The Morgan fingerprint density at radius 1 is 0.716 bits per heavy atom. The monoisotopic (exact) mass is 1350 g/mol. The largest absolute Gasteiger partial charge is 0.494 e. The van der Waals surface area contributed by atoms with Crippen molar-refractivity contribution < 1.29 is 76.8 Å². The number of piperazine rings is 1. The predicted molar refractivity (Wildman–Crippen MR) is 346 cm³/mol. The molecule has 0 bridgehead atoms. The number of unbranched alkanes of at least 4 members (excludes halogenated alkanes) is 1. The highest BCUT2D eigenvalue weighted by Crippen LogP contribution is 2.32. The molecule has 0 aliphatic carbocycles. The maximum Gasteiger partial charge on any atom is 0.317 e. The number of benzene rings is 2. The molecule has 6 N–H and O–H groups in total. The number of aryl methyl sites for hydroxylation is 2. The number of pyridine rings is 1. The lowest BCUT2D eigenvalue weighted by molar-refractivity contribution is -0.140. The van der Waals surface area contributed by atoms with Crippen molar-refractivity contribution in [3.8, 4) is 11.8 Å². The summed E-state index contributed by atoms with van der Waals surface area (Å²) in [4.78, 5) is 146. The van der Waals surface area contributed by atoms with E-state index in [-0.39, 0.29) is 145 Å². The zero-order valence-electron chi connectivity index (χ0n) is 53.9. The number of amides is 7. The number of thioether (sulfide) groups is 1. The molecule has 7 amide bonds. The third-order valence-corrected chi connectivity index (χ3v) is 18.6. The molecule has 4 saturated heterocycles. The van der Waals surface area contributed by atoms with Crippen molar-refractivity contribution in [2.75, 3.05) is 150 Å². The van der Waals surface area contributed by atoms with Crippen molar-refractivity contribution in [1.82, 2.24) is 60.1 Å². The second kappa shape index (κ2) is 37.4. The number of nitrogens with zero attached hydrogens (tertiary/aromatic N) is 10. The fourth-order valence-corrected chi connectivity index (χ4v) is 13.2. The summed E-state index contributed by atoms with van der Waals surface area (Å²) < 4.78 is 33.9. The highest BCUT2D eigenvalue weighted by molar-refractivity contribution is 8.00. The van der Waals surface area contributed by atoms with Crippen LogP contribution in [0.25, 0.3) is 10.9 Å². The van der Waals surface area contributed by atoms with E-state index in [1.165, 1.54) is 28.9 Å². The first-order valence-electron chi connectivity index (χ1n) is 32.5. The number of carboxylic acid groups (broad SMARTS) is 3. The lowest BCUT2D eigenvalue weighted by Gasteiger charge is -2.34. The molecule has 3 aromatic rings. The standard InChI is InChI=1S/C65H89F2N13O14S/c1-46-11-13-47(14-12-46)7-4-9-55(81)70-18-3-2-8-48(72-56(82)40-74-22-24-75(41-60(86)87)26-28-77(43-62(90)91)29-27-76(25-23-74)42-61(88)89)44-95-54-36-58(84)79(64(54)93)21-5-10-57(83)78-32-30-73(31-33-78)20-6-34-94-50-15-16-53-52(35-50)51(17-19-69-53)63(92)71-39-59(85)80-45-65(66,67)37-49(80)38-68/h11-17,19,35,48-49,54H,2-10,18,20-34,36-37,39-45H2,1H3,(H,70,81)(H,71,92)(H,72,82)(H,86,87)(H,88,89)(H,90,91)/t48?,49-,54?/m1/s1. The molecule has 7 rings (SSSR count). The molecule has 3 atom stereocenters. The number of ether oxygens (including phenoxy) is 1. The molecule has 0 radical (unpaired) electrons. The number of rotatable bonds is 33. The van der Waals surface area contributed by atoms with Gasteiger partial charge in [-0.2, -0.15) is 5.26 Å². The Kier molecular flexibility index (Phi) is 29.3. The molecule has 5 heterocycles. The first kappa shape index (κ1) is 74.4. The number of hydrogen-bond donors (Lipinski definition) is 6. The number of carbonyl (C=O) groups is 10. The quantitative estimate of drug-likeness (QED) is 0.0374. The van der Waals surface area contributed by atoms with Crippen LogP contribution < -0.4 is 20.7 Å². The number of likely N-dealkylation sites (tertiary alicyclic amines) is 2. The number of alkyl halides is 2. The van der Waals surface area contributed by atoms with Gasteiger partial charge in [0.05, 0.1) is 68.3 Å². The van der Waals surface area contributed by atoms with E-state index in [0.717, 1.165) is 22.4 Å². The Labute approximate surface area is 555 Å². The molecule has 95 heavy (non-hydrogen) atoms. The summed E-state index contributed by atoms with van der Waals surface area (Å²) in [5.74, 6) is -8.29. The van der Waals surface area contributed by atoms with Gasteiger partial charge < -0.3 is 45.8 Å². The molecule has 2 unspecified atom stereocenters. The molecule has 4 fully saturated rings. The average molecular weight is 1350 g/mol. The minimum atomic E-state index is -3.19. The lowest BCUT2D eigenvalue weighted by atomic mass is 10.1. The zero-order chi connectivity index (χ0) is 68.4. The van der Waals surface area contributed by atoms with E-state index in [2.05, 4.69) is 38.0 Å². The van der Waals surface area contributed by atoms with E-state index in [9.17, 15) is 77.3 Å². The van der Waals surface area contributed by atoms with E-state index in [4.69, 9.17) is 4.74 Å². The van der Waals surface area contributed by atoms with Crippen molar-refractivity contribution in [2.24, 2.45) is 0 Å². The van der Waals surface area contributed by atoms with Crippen molar-refractivity contribution >= 4 is 81.9 Å². The third kappa shape index (κ3) is 25.0. The van der Waals surface area contributed by atoms with E-state index in [1.54, 1.807) is 43.9 Å². The fraction of sp³-hybridized carbons (Fsp3) is 0.600. The van der Waals surface area contributed by atoms with Crippen LogP contribution in [0.5, 0.6) is 5.75 Å². The number of fused-ring (bicyclic) bond motifs is 1. The van der Waals surface area contributed by atoms with Gasteiger partial charge in [0.1, 0.15) is 11.8 Å². The number of carbonyl (C=O) groups excluding carboxylic acids is 7. The fourth-order valence-electron chi connectivity index (χ4n) is 12.0. The first-order valence-corrected chi connectivity index (χ1v) is 33.5. The van der Waals surface area contributed by atoms with Gasteiger partial charge in [0.2, 0.25) is 35.4 Å². The Morgan fingerprint density at radius 2 is 1.34 bits per heavy atom. The highest BCUT2D eigenvalue weighted by atomic mass is 32.2. The minimum Gasteiger partial charge on any atom is -0.494 e. The molecule has 27 nitrogen and oxygen atoms in total. The Balaban J connectivity index is 0.851. The zero-order valence-corrected chi connectivity index (χ0v) is 54.8. The first-order chi connectivity index (χ1) is 45.5. The number of aliphatic carboxylic acids is 3. The average Bonchev–Trinajstić information content (AvgIpc) is 1.79. The van der Waals surface area contributed by atoms with Crippen LogP contribution >= 0.6 is 11.8 Å². The molecular weight excluding hydrogens is 1260 g/mol. The number of hydrogen-bond acceptors (Lipinski definition) is 19. The van der Waals surface area contributed by atoms with Crippen molar-refractivity contribution in [2.45, 2.75) is 101 Å². The molecule has 4 aliphatic rings. The molecule has 30 heteroatoms. The normalized spacial score (nSPS) is 19.2. The second-order valence-corrected chi connectivity index (χ2v) is 25.9. The van der Waals surface area contributed by atoms with E-state index < -0.39 is 72.5 Å². The van der Waals surface area contributed by atoms with E-state index in [1.807, 2.05) is 24.0 Å². The van der Waals surface area contributed by atoms with Gasteiger partial charge in [-0.25, -0.2) is 8.78 Å². The summed E-state index contributed by atoms with van der Waals surface area (Å²) >= 11 is 1.27. The number of imide groups is 1. The predicted octanol–water partition coefficient (Wildman–Crippen LogP) is 1.86. The van der Waals surface area contributed by atoms with Crippen LogP contribution in [0.1, 0.15) is 85.7 Å². The molecule has 0 saturated carbocycles. The molecule has 0 spiro atoms. The van der Waals surface area contributed by atoms with Crippen LogP contribution in [-0.4, -0.2) is 292 Å². The van der Waals surface area contributed by atoms with Gasteiger partial charge in [-0.1, -0.05) is 29.8 Å². The van der Waals surface area contributed by atoms with Crippen LogP contribution in [0, 0.1) is 18.3 Å². The third-order valence-electron chi connectivity index (χ3n) is 17.2. The Bertz CT molecular complexity index is 3160. The van der Waals surface area contributed by atoms with Crippen molar-refractivity contribution in [1.29, 1.82) is 5.26 Å². The number of nitrogens with one attached hydrogen (secondary N) is 3. The summed E-state index contributed by atoms with van der Waals surface area (Å²) in [6, 6.07) is 14.7. The van der Waals surface area contributed by atoms with Crippen molar-refractivity contribution in [3.05, 3.63) is 71.4 Å². The van der Waals surface area contributed by atoms with Gasteiger partial charge in [0.25, 0.3) is 11.8 Å². The summed E-state index contributed by atoms with van der Waals surface area (Å²) in [6.07, 6.45) is 5.22. The van der Waals surface area contributed by atoms with Gasteiger partial charge >= 0.3 is 17.9 Å². The second-order valence-electron chi connectivity index (χ2n) is 24.6. The van der Waals surface area contributed by atoms with E-state index in [0.29, 0.717) is 101 Å². The Morgan fingerprint density at radius 3 is 1.96 bits per heavy atom. The highest BCUT2D eigenvalue weighted by Gasteiger charge is 2.47. The number of carboxylic acids is 3. The van der Waals surface area contributed by atoms with Crippen LogP contribution in [0.2, 0.25) is 0 Å². The molecule has 4 aliphatic heterocycles. The SMILES string of the molecule is Cc1ccc(CCCC(=O)NCCCCC(CSC2CC(=O)N(CCCC(=O)N3CCN(CCCOc4ccc5nccc(C(=O)NCC(=O)N6CC(F)(F)C[C@@H]6C#N)c5c4)CC3)C2=O)NC(=O)CN2CCN(CC(=O)O)CCN(CC(=O)O)CCN(CC(=O)O)CC2)cc1. The van der Waals surface area contributed by atoms with Gasteiger partial charge in [0.15, 0.2) is 0 Å². The number of nitriles is 1. The van der Waals surface area contributed by atoms with Crippen LogP contribution in [0.4, 0.5) is 8.78 Å². The van der Waals surface area contributed by atoms with Gasteiger partial charge in [0, 0.05) is 147 Å².